The average Bonchev–Trinajstić information content (AvgIpc) is 3.05. The molecule has 1 amide bonds. The molecule has 1 atom stereocenters. The normalized spacial score (nSPS) is 18.0. The Morgan fingerprint density at radius 2 is 1.96 bits per heavy atom. The molecule has 23 heavy (non-hydrogen) atoms. The summed E-state index contributed by atoms with van der Waals surface area (Å²) in [7, 11) is -1.86. The van der Waals surface area contributed by atoms with Crippen LogP contribution in [0, 0.1) is 0 Å². The van der Waals surface area contributed by atoms with Crippen molar-refractivity contribution in [3.63, 3.8) is 0 Å². The summed E-state index contributed by atoms with van der Waals surface area (Å²) in [6, 6.07) is 7.20. The largest absolute Gasteiger partial charge is 0.378 e. The molecule has 1 aliphatic rings. The van der Waals surface area contributed by atoms with Crippen molar-refractivity contribution < 1.29 is 17.9 Å². The molecule has 0 aliphatic carbocycles. The molecule has 1 saturated heterocycles. The van der Waals surface area contributed by atoms with Crippen LogP contribution >= 0.6 is 0 Å². The van der Waals surface area contributed by atoms with Crippen molar-refractivity contribution in [1.29, 1.82) is 0 Å². The topological polar surface area (TPSA) is 84.5 Å². The molecule has 2 N–H and O–H groups in total. The molecule has 7 heteroatoms. The van der Waals surface area contributed by atoms with E-state index in [1.165, 1.54) is 7.05 Å². The van der Waals surface area contributed by atoms with Gasteiger partial charge in [-0.15, -0.1) is 0 Å². The molecule has 0 saturated carbocycles. The summed E-state index contributed by atoms with van der Waals surface area (Å²) in [5.41, 5.74) is 1.66. The van der Waals surface area contributed by atoms with Gasteiger partial charge in [0, 0.05) is 19.6 Å². The van der Waals surface area contributed by atoms with Gasteiger partial charge in [-0.3, -0.25) is 4.79 Å². The number of ether oxygens (including phenoxy) is 1. The minimum atomic E-state index is -3.26. The van der Waals surface area contributed by atoms with E-state index in [0.29, 0.717) is 18.5 Å². The van der Waals surface area contributed by atoms with Gasteiger partial charge in [-0.05, 0) is 37.4 Å². The molecular weight excluding hydrogens is 316 g/mol. The number of nitrogens with one attached hydrogen (secondary N) is 2. The van der Waals surface area contributed by atoms with Crippen molar-refractivity contribution in [3.05, 3.63) is 35.4 Å². The van der Waals surface area contributed by atoms with Gasteiger partial charge in [-0.2, -0.15) is 0 Å². The summed E-state index contributed by atoms with van der Waals surface area (Å²) in [6.07, 6.45) is 3.61. The third-order valence-corrected chi connectivity index (χ3v) is 5.23. The fourth-order valence-electron chi connectivity index (χ4n) is 2.50. The zero-order valence-corrected chi connectivity index (χ0v) is 14.2. The van der Waals surface area contributed by atoms with Crippen LogP contribution in [0.4, 0.5) is 0 Å². The highest BCUT2D eigenvalue weighted by atomic mass is 32.2. The molecule has 2 rings (SSSR count). The molecular formula is C16H24N2O4S. The summed E-state index contributed by atoms with van der Waals surface area (Å²) in [5, 5.41) is 2.88. The second kappa shape index (κ2) is 8.42. The highest BCUT2D eigenvalue weighted by molar-refractivity contribution is 7.88. The van der Waals surface area contributed by atoms with Gasteiger partial charge in [0.05, 0.1) is 11.9 Å². The van der Waals surface area contributed by atoms with Crippen LogP contribution in [-0.4, -0.2) is 34.1 Å². The first-order chi connectivity index (χ1) is 11.0. The van der Waals surface area contributed by atoms with Crippen LogP contribution in [0.1, 0.15) is 36.8 Å². The van der Waals surface area contributed by atoms with E-state index in [-0.39, 0.29) is 17.8 Å². The second-order valence-electron chi connectivity index (χ2n) is 5.73. The Kier molecular flexibility index (Phi) is 6.56. The quantitative estimate of drug-likeness (QED) is 0.747. The third kappa shape index (κ3) is 6.29. The van der Waals surface area contributed by atoms with E-state index in [2.05, 4.69) is 10.0 Å². The van der Waals surface area contributed by atoms with E-state index in [1.54, 1.807) is 12.1 Å². The predicted molar refractivity (Wildman–Crippen MR) is 88.2 cm³/mol. The smallest absolute Gasteiger partial charge is 0.220 e. The van der Waals surface area contributed by atoms with Crippen LogP contribution in [0.5, 0.6) is 0 Å². The summed E-state index contributed by atoms with van der Waals surface area (Å²) in [4.78, 5) is 11.8. The minimum Gasteiger partial charge on any atom is -0.378 e. The van der Waals surface area contributed by atoms with Crippen LogP contribution in [0.2, 0.25) is 0 Å². The lowest BCUT2D eigenvalue weighted by Gasteiger charge is -2.10. The maximum Gasteiger partial charge on any atom is 0.220 e. The number of carbonyl (C=O) groups is 1. The Balaban J connectivity index is 1.73. The van der Waals surface area contributed by atoms with Crippen LogP contribution in [0.25, 0.3) is 0 Å². The Bertz CT molecular complexity index is 607. The van der Waals surface area contributed by atoms with E-state index in [1.807, 2.05) is 12.1 Å². The minimum absolute atomic E-state index is 0.0161. The molecule has 1 unspecified atom stereocenters. The summed E-state index contributed by atoms with van der Waals surface area (Å²) in [6.45, 7) is 1.26. The van der Waals surface area contributed by atoms with Crippen LogP contribution in [0.15, 0.2) is 24.3 Å². The average molecular weight is 340 g/mol. The van der Waals surface area contributed by atoms with Gasteiger partial charge < -0.3 is 10.1 Å². The predicted octanol–water partition coefficient (Wildman–Crippen LogP) is 1.31. The van der Waals surface area contributed by atoms with Gasteiger partial charge in [-0.1, -0.05) is 24.3 Å². The number of amides is 1. The molecule has 0 aromatic heterocycles. The molecule has 1 aliphatic heterocycles. The van der Waals surface area contributed by atoms with Gasteiger partial charge in [0.1, 0.15) is 0 Å². The summed E-state index contributed by atoms with van der Waals surface area (Å²) < 4.78 is 30.7. The Morgan fingerprint density at radius 3 is 2.57 bits per heavy atom. The van der Waals surface area contributed by atoms with Crippen molar-refractivity contribution in [2.45, 2.75) is 44.1 Å². The number of sulfonamides is 1. The lowest BCUT2D eigenvalue weighted by atomic mass is 10.1. The highest BCUT2D eigenvalue weighted by Crippen LogP contribution is 2.16. The van der Waals surface area contributed by atoms with E-state index in [4.69, 9.17) is 4.74 Å². The molecule has 0 spiro atoms. The zero-order chi connectivity index (χ0) is 16.7. The molecule has 0 radical (unpaired) electrons. The summed E-state index contributed by atoms with van der Waals surface area (Å²) in [5.74, 6) is -0.0281. The highest BCUT2D eigenvalue weighted by Gasteiger charge is 2.16. The molecule has 1 heterocycles. The van der Waals surface area contributed by atoms with Crippen molar-refractivity contribution in [1.82, 2.24) is 10.0 Å². The van der Waals surface area contributed by atoms with Crippen LogP contribution in [0.3, 0.4) is 0 Å². The lowest BCUT2D eigenvalue weighted by Crippen LogP contribution is -2.24. The number of benzene rings is 1. The molecule has 1 fully saturated rings. The molecule has 1 aromatic carbocycles. The SMILES string of the molecule is CNS(=O)(=O)Cc1ccc(CNC(=O)CCC2CCCO2)cc1. The van der Waals surface area contributed by atoms with Gasteiger partial charge in [0.25, 0.3) is 0 Å². The fourth-order valence-corrected chi connectivity index (χ4v) is 3.27. The van der Waals surface area contributed by atoms with E-state index < -0.39 is 10.0 Å². The van der Waals surface area contributed by atoms with Crippen molar-refractivity contribution in [2.24, 2.45) is 0 Å². The van der Waals surface area contributed by atoms with Gasteiger partial charge in [0.15, 0.2) is 0 Å². The first kappa shape index (κ1) is 17.9. The maximum atomic E-state index is 11.8. The van der Waals surface area contributed by atoms with Gasteiger partial charge >= 0.3 is 0 Å². The molecule has 1 aromatic rings. The monoisotopic (exact) mass is 340 g/mol. The molecule has 6 nitrogen and oxygen atoms in total. The van der Waals surface area contributed by atoms with Crippen LogP contribution < -0.4 is 10.0 Å². The van der Waals surface area contributed by atoms with E-state index in [0.717, 1.165) is 31.4 Å². The Morgan fingerprint density at radius 1 is 1.26 bits per heavy atom. The van der Waals surface area contributed by atoms with Crippen molar-refractivity contribution in [2.75, 3.05) is 13.7 Å². The number of hydrogen-bond donors (Lipinski definition) is 2. The van der Waals surface area contributed by atoms with Gasteiger partial charge in [-0.25, -0.2) is 13.1 Å². The zero-order valence-electron chi connectivity index (χ0n) is 13.4. The Hall–Kier alpha value is -1.44. The van der Waals surface area contributed by atoms with Crippen molar-refractivity contribution >= 4 is 15.9 Å². The molecule has 128 valence electrons. The fraction of sp³-hybridized carbons (Fsp3) is 0.562. The van der Waals surface area contributed by atoms with E-state index in [9.17, 15) is 13.2 Å². The number of carbonyl (C=O) groups excluding carboxylic acids is 1. The first-order valence-corrected chi connectivity index (χ1v) is 9.51. The third-order valence-electron chi connectivity index (χ3n) is 3.90. The number of rotatable bonds is 8. The van der Waals surface area contributed by atoms with Gasteiger partial charge in [0.2, 0.25) is 15.9 Å². The number of hydrogen-bond acceptors (Lipinski definition) is 4. The van der Waals surface area contributed by atoms with Crippen LogP contribution in [-0.2, 0) is 31.9 Å². The maximum absolute atomic E-state index is 11.8. The van der Waals surface area contributed by atoms with Crippen molar-refractivity contribution in [3.8, 4) is 0 Å². The standard InChI is InChI=1S/C16H24N2O4S/c1-17-23(20,21)12-14-6-4-13(5-7-14)11-18-16(19)9-8-15-3-2-10-22-15/h4-7,15,17H,2-3,8-12H2,1H3,(H,18,19). The van der Waals surface area contributed by atoms with E-state index >= 15 is 0 Å². The molecule has 0 bridgehead atoms. The second-order valence-corrected chi connectivity index (χ2v) is 7.66. The lowest BCUT2D eigenvalue weighted by molar-refractivity contribution is -0.121. The summed E-state index contributed by atoms with van der Waals surface area (Å²) >= 11 is 0. The Labute approximate surface area is 137 Å². The first-order valence-electron chi connectivity index (χ1n) is 7.86.